The molecule has 0 rings (SSSR count). The number of hydrogen-bond acceptors (Lipinski definition) is 8. The third-order valence-electron chi connectivity index (χ3n) is 3.16. The van der Waals surface area contributed by atoms with Crippen molar-refractivity contribution in [1.82, 2.24) is 0 Å². The summed E-state index contributed by atoms with van der Waals surface area (Å²) in [6.07, 6.45) is 0.931. The first-order chi connectivity index (χ1) is 12.0. The fraction of sp³-hybridized carbons (Fsp3) is 0.938. The maximum atomic E-state index is 11.8. The van der Waals surface area contributed by atoms with Crippen LogP contribution >= 0.6 is 11.8 Å². The Morgan fingerprint density at radius 1 is 1.04 bits per heavy atom. The molecule has 0 saturated carbocycles. The third kappa shape index (κ3) is 12.0. The van der Waals surface area contributed by atoms with Crippen LogP contribution in [0.5, 0.6) is 0 Å². The van der Waals surface area contributed by atoms with Crippen LogP contribution in [0.15, 0.2) is 0 Å². The minimum Gasteiger partial charge on any atom is -0.463 e. The second-order valence-electron chi connectivity index (χ2n) is 5.22. The molecule has 0 bridgehead atoms. The molecule has 9 heteroatoms. The number of hydrogen-bond donors (Lipinski definition) is 0. The van der Waals surface area contributed by atoms with Gasteiger partial charge in [-0.1, -0.05) is 6.92 Å². The van der Waals surface area contributed by atoms with Crippen LogP contribution in [0.4, 0.5) is 0 Å². The second-order valence-corrected chi connectivity index (χ2v) is 9.10. The van der Waals surface area contributed by atoms with Gasteiger partial charge in [0.2, 0.25) is 0 Å². The van der Waals surface area contributed by atoms with E-state index in [1.807, 2.05) is 27.7 Å². The molecule has 0 aromatic carbocycles. The Hall–Kier alpha value is -0.163. The van der Waals surface area contributed by atoms with Crippen molar-refractivity contribution in [2.45, 2.75) is 40.2 Å². The van der Waals surface area contributed by atoms with E-state index >= 15 is 0 Å². The molecule has 0 aliphatic heterocycles. The number of esters is 1. The predicted octanol–water partition coefficient (Wildman–Crippen LogP) is 2.92. The van der Waals surface area contributed by atoms with E-state index in [9.17, 15) is 4.79 Å². The van der Waals surface area contributed by atoms with E-state index < -0.39 is 8.80 Å². The topological polar surface area (TPSA) is 72.5 Å². The molecule has 0 fully saturated rings. The lowest BCUT2D eigenvalue weighted by molar-refractivity contribution is -0.276. The van der Waals surface area contributed by atoms with Gasteiger partial charge in [-0.15, -0.1) is 0 Å². The highest BCUT2D eigenvalue weighted by Crippen LogP contribution is 2.21. The van der Waals surface area contributed by atoms with Crippen molar-refractivity contribution >= 4 is 26.5 Å². The molecular formula is C16H34O7SSi. The molecule has 0 aliphatic carbocycles. The molecule has 0 spiro atoms. The third-order valence-corrected chi connectivity index (χ3v) is 7.63. The zero-order chi connectivity index (χ0) is 19.0. The Morgan fingerprint density at radius 3 is 2.16 bits per heavy atom. The van der Waals surface area contributed by atoms with Crippen molar-refractivity contribution in [2.24, 2.45) is 5.92 Å². The Morgan fingerprint density at radius 2 is 1.64 bits per heavy atom. The zero-order valence-corrected chi connectivity index (χ0v) is 18.0. The Kier molecular flexibility index (Phi) is 15.9. The Balaban J connectivity index is 4.01. The molecule has 0 radical (unpaired) electrons. The molecule has 0 aliphatic rings. The number of thioether (sulfide) groups is 1. The predicted molar refractivity (Wildman–Crippen MR) is 100 cm³/mol. The lowest BCUT2D eigenvalue weighted by atomic mass is 10.2. The standard InChI is InChI=1S/C16H34O7SSi/c1-6-21-25(22-7-2,23-8-3)13-9-12-24-14-15(4)16(17)19-10-11-20-18-5/h15H,6-14H2,1-5H3. The lowest BCUT2D eigenvalue weighted by Crippen LogP contribution is -2.46. The maximum Gasteiger partial charge on any atom is 0.500 e. The van der Waals surface area contributed by atoms with E-state index in [1.165, 1.54) is 7.11 Å². The SMILES string of the molecule is CCO[Si](CCCSCC(C)C(=O)OCCOOC)(OCC)OCC. The largest absolute Gasteiger partial charge is 0.500 e. The van der Waals surface area contributed by atoms with E-state index in [2.05, 4.69) is 9.78 Å². The van der Waals surface area contributed by atoms with Crippen molar-refractivity contribution < 1.29 is 32.6 Å². The van der Waals surface area contributed by atoms with Gasteiger partial charge in [-0.3, -0.25) is 4.79 Å². The van der Waals surface area contributed by atoms with E-state index in [0.717, 1.165) is 24.0 Å². The van der Waals surface area contributed by atoms with Gasteiger partial charge in [0.15, 0.2) is 0 Å². The summed E-state index contributed by atoms with van der Waals surface area (Å²) in [6, 6.07) is 0.794. The average molecular weight is 399 g/mol. The summed E-state index contributed by atoms with van der Waals surface area (Å²) in [5.74, 6) is 1.28. The van der Waals surface area contributed by atoms with Crippen LogP contribution in [0.2, 0.25) is 6.04 Å². The van der Waals surface area contributed by atoms with Crippen molar-refractivity contribution in [1.29, 1.82) is 0 Å². The molecule has 0 N–H and O–H groups in total. The molecule has 0 amide bonds. The monoisotopic (exact) mass is 398 g/mol. The van der Waals surface area contributed by atoms with Gasteiger partial charge >= 0.3 is 14.8 Å². The van der Waals surface area contributed by atoms with Crippen LogP contribution in [0, 0.1) is 5.92 Å². The first kappa shape index (κ1) is 24.8. The van der Waals surface area contributed by atoms with Crippen LogP contribution in [-0.4, -0.2) is 66.4 Å². The van der Waals surface area contributed by atoms with Gasteiger partial charge in [-0.05, 0) is 32.9 Å². The van der Waals surface area contributed by atoms with Crippen LogP contribution in [0.3, 0.4) is 0 Å². The molecule has 25 heavy (non-hydrogen) atoms. The molecule has 1 atom stereocenters. The number of rotatable bonds is 17. The number of ether oxygens (including phenoxy) is 1. The molecule has 0 aromatic rings. The van der Waals surface area contributed by atoms with Crippen LogP contribution in [0.1, 0.15) is 34.1 Å². The molecule has 150 valence electrons. The van der Waals surface area contributed by atoms with Gasteiger partial charge in [-0.2, -0.15) is 11.8 Å². The quantitative estimate of drug-likeness (QED) is 0.122. The van der Waals surface area contributed by atoms with E-state index in [1.54, 1.807) is 11.8 Å². The number of carbonyl (C=O) groups is 1. The van der Waals surface area contributed by atoms with Gasteiger partial charge in [0.25, 0.3) is 0 Å². The number of carbonyl (C=O) groups excluding carboxylic acids is 1. The Labute approximate surface area is 157 Å². The normalized spacial score (nSPS) is 13.0. The molecule has 7 nitrogen and oxygen atoms in total. The van der Waals surface area contributed by atoms with Crippen molar-refractivity contribution in [3.63, 3.8) is 0 Å². The summed E-state index contributed by atoms with van der Waals surface area (Å²) in [7, 11) is -1.13. The first-order valence-electron chi connectivity index (χ1n) is 8.87. The van der Waals surface area contributed by atoms with Gasteiger partial charge in [-0.25, -0.2) is 9.78 Å². The van der Waals surface area contributed by atoms with Crippen molar-refractivity contribution in [3.05, 3.63) is 0 Å². The summed E-state index contributed by atoms with van der Waals surface area (Å²) >= 11 is 1.73. The minimum absolute atomic E-state index is 0.153. The highest BCUT2D eigenvalue weighted by atomic mass is 32.2. The molecule has 0 saturated heterocycles. The van der Waals surface area contributed by atoms with Gasteiger partial charge < -0.3 is 18.0 Å². The van der Waals surface area contributed by atoms with Gasteiger partial charge in [0, 0.05) is 31.6 Å². The summed E-state index contributed by atoms with van der Waals surface area (Å²) in [5, 5.41) is 0. The second kappa shape index (κ2) is 16.0. The minimum atomic E-state index is -2.55. The van der Waals surface area contributed by atoms with E-state index in [0.29, 0.717) is 19.8 Å². The highest BCUT2D eigenvalue weighted by Gasteiger charge is 2.39. The van der Waals surface area contributed by atoms with Gasteiger partial charge in [0.05, 0.1) is 13.0 Å². The van der Waals surface area contributed by atoms with E-state index in [-0.39, 0.29) is 25.1 Å². The lowest BCUT2D eigenvalue weighted by Gasteiger charge is -2.28. The summed E-state index contributed by atoms with van der Waals surface area (Å²) in [5.41, 5.74) is 0. The summed E-state index contributed by atoms with van der Waals surface area (Å²) in [4.78, 5) is 20.9. The van der Waals surface area contributed by atoms with Crippen LogP contribution < -0.4 is 0 Å². The first-order valence-corrected chi connectivity index (χ1v) is 12.0. The summed E-state index contributed by atoms with van der Waals surface area (Å²) < 4.78 is 22.6. The highest BCUT2D eigenvalue weighted by molar-refractivity contribution is 7.99. The molecule has 0 aromatic heterocycles. The van der Waals surface area contributed by atoms with E-state index in [4.69, 9.17) is 18.0 Å². The molecule has 1 unspecified atom stereocenters. The van der Waals surface area contributed by atoms with Crippen molar-refractivity contribution in [2.75, 3.05) is 51.6 Å². The fourth-order valence-electron chi connectivity index (χ4n) is 2.12. The van der Waals surface area contributed by atoms with Crippen LogP contribution in [-0.2, 0) is 32.6 Å². The van der Waals surface area contributed by atoms with Gasteiger partial charge in [0.1, 0.15) is 13.2 Å². The fourth-order valence-corrected chi connectivity index (χ4v) is 6.00. The molecule has 0 heterocycles. The average Bonchev–Trinajstić information content (AvgIpc) is 2.58. The smallest absolute Gasteiger partial charge is 0.463 e. The zero-order valence-electron chi connectivity index (χ0n) is 16.2. The van der Waals surface area contributed by atoms with Crippen molar-refractivity contribution in [3.8, 4) is 0 Å². The molecular weight excluding hydrogens is 364 g/mol. The maximum absolute atomic E-state index is 11.8. The summed E-state index contributed by atoms with van der Waals surface area (Å²) in [6.45, 7) is 9.96. The Bertz CT molecular complexity index is 317. The van der Waals surface area contributed by atoms with Crippen LogP contribution in [0.25, 0.3) is 0 Å².